The topological polar surface area (TPSA) is 85.9 Å². The Labute approximate surface area is 123 Å². The number of carbonyl (C=O) groups is 1. The van der Waals surface area contributed by atoms with Crippen LogP contribution in [-0.4, -0.2) is 59.0 Å². The minimum atomic E-state index is -0.0548. The SMILES string of the molecule is CN(C)C(=O)c1c[nH]c2ncnc(NC3CCCNC3)c12. The lowest BCUT2D eigenvalue weighted by molar-refractivity contribution is 0.0829. The molecule has 3 N–H and O–H groups in total. The van der Waals surface area contributed by atoms with Crippen molar-refractivity contribution >= 4 is 22.8 Å². The Morgan fingerprint density at radius 1 is 1.43 bits per heavy atom. The molecule has 7 nitrogen and oxygen atoms in total. The highest BCUT2D eigenvalue weighted by molar-refractivity contribution is 6.09. The van der Waals surface area contributed by atoms with Crippen molar-refractivity contribution < 1.29 is 4.79 Å². The van der Waals surface area contributed by atoms with E-state index in [9.17, 15) is 4.79 Å². The molecule has 1 aliphatic rings. The summed E-state index contributed by atoms with van der Waals surface area (Å²) in [5.74, 6) is 0.668. The van der Waals surface area contributed by atoms with Crippen LogP contribution >= 0.6 is 0 Å². The number of amides is 1. The van der Waals surface area contributed by atoms with E-state index < -0.39 is 0 Å². The Bertz CT molecular complexity index is 644. The fourth-order valence-corrected chi connectivity index (χ4v) is 2.65. The van der Waals surface area contributed by atoms with Gasteiger partial charge in [-0.25, -0.2) is 9.97 Å². The standard InChI is InChI=1S/C14H20N6O/c1-20(2)14(21)10-7-16-12-11(10)13(18-8-17-12)19-9-4-3-5-15-6-9/h7-9,15H,3-6H2,1-2H3,(H2,16,17,18,19). The van der Waals surface area contributed by atoms with E-state index in [0.29, 0.717) is 17.3 Å². The van der Waals surface area contributed by atoms with Crippen LogP contribution in [0.15, 0.2) is 12.5 Å². The number of H-pyrrole nitrogens is 1. The van der Waals surface area contributed by atoms with Crippen molar-refractivity contribution in [2.45, 2.75) is 18.9 Å². The van der Waals surface area contributed by atoms with Crippen LogP contribution in [0.1, 0.15) is 23.2 Å². The Morgan fingerprint density at radius 3 is 3.00 bits per heavy atom. The second-order valence-electron chi connectivity index (χ2n) is 5.54. The molecule has 0 bridgehead atoms. The molecule has 0 aromatic carbocycles. The average molecular weight is 288 g/mol. The number of nitrogens with one attached hydrogen (secondary N) is 3. The van der Waals surface area contributed by atoms with Crippen molar-refractivity contribution in [1.82, 2.24) is 25.2 Å². The molecule has 21 heavy (non-hydrogen) atoms. The maximum Gasteiger partial charge on any atom is 0.255 e. The number of aromatic nitrogens is 3. The Morgan fingerprint density at radius 2 is 2.29 bits per heavy atom. The molecule has 0 saturated carbocycles. The van der Waals surface area contributed by atoms with Crippen LogP contribution in [0, 0.1) is 0 Å². The average Bonchev–Trinajstić information content (AvgIpc) is 2.92. The summed E-state index contributed by atoms with van der Waals surface area (Å²) in [7, 11) is 3.48. The van der Waals surface area contributed by atoms with Crippen molar-refractivity contribution in [2.75, 3.05) is 32.5 Å². The molecule has 1 aliphatic heterocycles. The molecule has 2 aromatic rings. The summed E-state index contributed by atoms with van der Waals surface area (Å²) in [5, 5.41) is 7.57. The Balaban J connectivity index is 1.97. The number of hydrogen-bond acceptors (Lipinski definition) is 5. The molecular formula is C14H20N6O. The van der Waals surface area contributed by atoms with Gasteiger partial charge >= 0.3 is 0 Å². The van der Waals surface area contributed by atoms with Gasteiger partial charge in [0, 0.05) is 32.9 Å². The maximum atomic E-state index is 12.3. The molecule has 1 fully saturated rings. The number of aromatic amines is 1. The van der Waals surface area contributed by atoms with Gasteiger partial charge in [0.2, 0.25) is 0 Å². The molecule has 0 spiro atoms. The largest absolute Gasteiger partial charge is 0.365 e. The van der Waals surface area contributed by atoms with Crippen LogP contribution in [0.25, 0.3) is 11.0 Å². The van der Waals surface area contributed by atoms with Crippen LogP contribution in [-0.2, 0) is 0 Å². The predicted molar refractivity (Wildman–Crippen MR) is 81.4 cm³/mol. The molecule has 0 radical (unpaired) electrons. The van der Waals surface area contributed by atoms with Gasteiger partial charge in [-0.3, -0.25) is 4.79 Å². The highest BCUT2D eigenvalue weighted by atomic mass is 16.2. The van der Waals surface area contributed by atoms with Crippen molar-refractivity contribution in [3.63, 3.8) is 0 Å². The first-order chi connectivity index (χ1) is 10.2. The Hall–Kier alpha value is -2.15. The molecule has 1 unspecified atom stereocenters. The molecule has 112 valence electrons. The van der Waals surface area contributed by atoms with Crippen LogP contribution in [0.4, 0.5) is 5.82 Å². The molecule has 0 aliphatic carbocycles. The van der Waals surface area contributed by atoms with Gasteiger partial charge < -0.3 is 20.5 Å². The smallest absolute Gasteiger partial charge is 0.255 e. The third-order valence-electron chi connectivity index (χ3n) is 3.74. The van der Waals surface area contributed by atoms with Crippen molar-refractivity contribution in [2.24, 2.45) is 0 Å². The Kier molecular flexibility index (Phi) is 3.74. The van der Waals surface area contributed by atoms with Crippen LogP contribution in [0.3, 0.4) is 0 Å². The summed E-state index contributed by atoms with van der Waals surface area (Å²) < 4.78 is 0. The quantitative estimate of drug-likeness (QED) is 0.778. The molecule has 3 rings (SSSR count). The van der Waals surface area contributed by atoms with Crippen molar-refractivity contribution in [3.05, 3.63) is 18.1 Å². The summed E-state index contributed by atoms with van der Waals surface area (Å²) >= 11 is 0. The maximum absolute atomic E-state index is 12.3. The molecule has 1 atom stereocenters. The molecule has 2 aromatic heterocycles. The lowest BCUT2D eigenvalue weighted by atomic mass is 10.1. The second-order valence-corrected chi connectivity index (χ2v) is 5.54. The van der Waals surface area contributed by atoms with Gasteiger partial charge in [-0.2, -0.15) is 0 Å². The van der Waals surface area contributed by atoms with E-state index in [-0.39, 0.29) is 5.91 Å². The van der Waals surface area contributed by atoms with Crippen LogP contribution < -0.4 is 10.6 Å². The van der Waals surface area contributed by atoms with Crippen LogP contribution in [0.2, 0.25) is 0 Å². The molecule has 1 amide bonds. The second kappa shape index (κ2) is 5.69. The fourth-order valence-electron chi connectivity index (χ4n) is 2.65. The number of carbonyl (C=O) groups excluding carboxylic acids is 1. The minimum absolute atomic E-state index is 0.0548. The third kappa shape index (κ3) is 2.69. The van der Waals surface area contributed by atoms with E-state index >= 15 is 0 Å². The van der Waals surface area contributed by atoms with Crippen molar-refractivity contribution in [1.29, 1.82) is 0 Å². The number of anilines is 1. The van der Waals surface area contributed by atoms with Crippen LogP contribution in [0.5, 0.6) is 0 Å². The number of fused-ring (bicyclic) bond motifs is 1. The first-order valence-electron chi connectivity index (χ1n) is 7.18. The first-order valence-corrected chi connectivity index (χ1v) is 7.18. The van der Waals surface area contributed by atoms with Gasteiger partial charge in [0.25, 0.3) is 5.91 Å². The summed E-state index contributed by atoms with van der Waals surface area (Å²) in [6.07, 6.45) is 5.45. The lowest BCUT2D eigenvalue weighted by Gasteiger charge is -2.24. The number of nitrogens with zero attached hydrogens (tertiary/aromatic N) is 3. The van der Waals surface area contributed by atoms with Gasteiger partial charge in [0.05, 0.1) is 10.9 Å². The van der Waals surface area contributed by atoms with Crippen molar-refractivity contribution in [3.8, 4) is 0 Å². The first kappa shape index (κ1) is 13.8. The highest BCUT2D eigenvalue weighted by Crippen LogP contribution is 2.25. The zero-order chi connectivity index (χ0) is 14.8. The third-order valence-corrected chi connectivity index (χ3v) is 3.74. The van der Waals surface area contributed by atoms with Gasteiger partial charge in [-0.05, 0) is 19.4 Å². The summed E-state index contributed by atoms with van der Waals surface area (Å²) in [5.41, 5.74) is 1.28. The zero-order valence-corrected chi connectivity index (χ0v) is 12.3. The predicted octanol–water partition coefficient (Wildman–Crippen LogP) is 0.824. The highest BCUT2D eigenvalue weighted by Gasteiger charge is 2.20. The summed E-state index contributed by atoms with van der Waals surface area (Å²) in [6, 6.07) is 0.328. The zero-order valence-electron chi connectivity index (χ0n) is 12.3. The van der Waals surface area contributed by atoms with Gasteiger partial charge in [-0.15, -0.1) is 0 Å². The molecule has 1 saturated heterocycles. The molecular weight excluding hydrogens is 268 g/mol. The number of hydrogen-bond donors (Lipinski definition) is 3. The number of piperidine rings is 1. The van der Waals surface area contributed by atoms with E-state index in [4.69, 9.17) is 0 Å². The van der Waals surface area contributed by atoms with E-state index in [2.05, 4.69) is 25.6 Å². The van der Waals surface area contributed by atoms with Gasteiger partial charge in [0.1, 0.15) is 17.8 Å². The summed E-state index contributed by atoms with van der Waals surface area (Å²) in [6.45, 7) is 1.97. The normalized spacial score (nSPS) is 18.7. The van der Waals surface area contributed by atoms with E-state index in [0.717, 1.165) is 37.1 Å². The van der Waals surface area contributed by atoms with E-state index in [1.807, 2.05) is 0 Å². The van der Waals surface area contributed by atoms with E-state index in [1.54, 1.807) is 25.2 Å². The molecule has 3 heterocycles. The van der Waals surface area contributed by atoms with E-state index in [1.165, 1.54) is 6.33 Å². The van der Waals surface area contributed by atoms with Gasteiger partial charge in [0.15, 0.2) is 0 Å². The number of rotatable bonds is 3. The molecule has 7 heteroatoms. The lowest BCUT2D eigenvalue weighted by Crippen LogP contribution is -2.38. The van der Waals surface area contributed by atoms with Gasteiger partial charge in [-0.1, -0.05) is 0 Å². The monoisotopic (exact) mass is 288 g/mol. The minimum Gasteiger partial charge on any atom is -0.365 e. The fraction of sp³-hybridized carbons (Fsp3) is 0.500. The summed E-state index contributed by atoms with van der Waals surface area (Å²) in [4.78, 5) is 25.4.